The Morgan fingerprint density at radius 3 is 2.85 bits per heavy atom. The van der Waals surface area contributed by atoms with Gasteiger partial charge in [0.25, 0.3) is 5.56 Å². The van der Waals surface area contributed by atoms with E-state index in [4.69, 9.17) is 27.9 Å². The summed E-state index contributed by atoms with van der Waals surface area (Å²) in [6.07, 6.45) is 3.08. The predicted octanol–water partition coefficient (Wildman–Crippen LogP) is 5.12. The fraction of sp³-hybridized carbons (Fsp3) is 0.130. The van der Waals surface area contributed by atoms with Crippen molar-refractivity contribution >= 4 is 51.5 Å². The molecule has 4 aromatic rings. The fourth-order valence-electron chi connectivity index (χ4n) is 3.44. The summed E-state index contributed by atoms with van der Waals surface area (Å²) in [5.41, 5.74) is 2.84. The van der Waals surface area contributed by atoms with Crippen LogP contribution in [0.25, 0.3) is 16.7 Å². The first-order valence-electron chi connectivity index (χ1n) is 9.68. The van der Waals surface area contributed by atoms with E-state index >= 15 is 0 Å². The van der Waals surface area contributed by atoms with Gasteiger partial charge in [-0.25, -0.2) is 9.78 Å². The molecular formula is C23H16Cl2N4O3S. The number of halogens is 2. The Bertz CT molecular complexity index is 1520. The standard InChI is InChI=1S/C23H16Cl2N4O3S/c1-13-8-15(14(2)29(13)19-5-3-4-18(24)21(19)25)9-16(11-26)22(31)32-12-17-10-20(30)28-6-7-33-23(28)27-17/h3-10H,12H2,1-2H3/b16-9+. The Morgan fingerprint density at radius 2 is 2.09 bits per heavy atom. The van der Waals surface area contributed by atoms with E-state index < -0.39 is 5.97 Å². The van der Waals surface area contributed by atoms with Gasteiger partial charge in [-0.2, -0.15) is 5.26 Å². The lowest BCUT2D eigenvalue weighted by molar-refractivity contribution is -0.139. The van der Waals surface area contributed by atoms with Gasteiger partial charge in [-0.05, 0) is 43.7 Å². The molecular weight excluding hydrogens is 483 g/mol. The van der Waals surface area contributed by atoms with Gasteiger partial charge in [0, 0.05) is 29.0 Å². The number of benzene rings is 1. The van der Waals surface area contributed by atoms with E-state index in [-0.39, 0.29) is 17.7 Å². The third-order valence-corrected chi connectivity index (χ3v) is 6.56. The number of nitriles is 1. The highest BCUT2D eigenvalue weighted by Crippen LogP contribution is 2.32. The van der Waals surface area contributed by atoms with E-state index in [1.165, 1.54) is 27.9 Å². The van der Waals surface area contributed by atoms with E-state index in [0.717, 1.165) is 11.4 Å². The molecule has 33 heavy (non-hydrogen) atoms. The fourth-order valence-corrected chi connectivity index (χ4v) is 4.56. The number of nitrogens with zero attached hydrogens (tertiary/aromatic N) is 4. The second-order valence-electron chi connectivity index (χ2n) is 7.12. The van der Waals surface area contributed by atoms with Crippen LogP contribution in [0.3, 0.4) is 0 Å². The predicted molar refractivity (Wildman–Crippen MR) is 128 cm³/mol. The van der Waals surface area contributed by atoms with Gasteiger partial charge in [0.1, 0.15) is 18.2 Å². The number of fused-ring (bicyclic) bond motifs is 1. The third kappa shape index (κ3) is 4.44. The molecule has 0 fully saturated rings. The first-order chi connectivity index (χ1) is 15.8. The summed E-state index contributed by atoms with van der Waals surface area (Å²) >= 11 is 13.8. The summed E-state index contributed by atoms with van der Waals surface area (Å²) in [5, 5.41) is 12.1. The van der Waals surface area contributed by atoms with Crippen LogP contribution in [0.1, 0.15) is 22.6 Å². The van der Waals surface area contributed by atoms with Gasteiger partial charge in [0.2, 0.25) is 0 Å². The minimum Gasteiger partial charge on any atom is -0.455 e. The number of aromatic nitrogens is 3. The van der Waals surface area contributed by atoms with Crippen molar-refractivity contribution < 1.29 is 9.53 Å². The molecule has 166 valence electrons. The quantitative estimate of drug-likeness (QED) is 0.216. The van der Waals surface area contributed by atoms with Crippen LogP contribution in [-0.4, -0.2) is 19.9 Å². The zero-order chi connectivity index (χ0) is 23.7. The maximum atomic E-state index is 12.6. The lowest BCUT2D eigenvalue weighted by Gasteiger charge is -2.12. The molecule has 0 aliphatic carbocycles. The molecule has 1 aromatic carbocycles. The van der Waals surface area contributed by atoms with E-state index in [9.17, 15) is 14.9 Å². The highest BCUT2D eigenvalue weighted by molar-refractivity contribution is 7.15. The van der Waals surface area contributed by atoms with Crippen LogP contribution in [0.2, 0.25) is 10.0 Å². The number of hydrogen-bond acceptors (Lipinski definition) is 6. The number of ether oxygens (including phenoxy) is 1. The number of carbonyl (C=O) groups excluding carboxylic acids is 1. The number of thiazole rings is 1. The molecule has 0 amide bonds. The monoisotopic (exact) mass is 498 g/mol. The first-order valence-corrected chi connectivity index (χ1v) is 11.3. The first kappa shape index (κ1) is 22.8. The molecule has 0 atom stereocenters. The van der Waals surface area contributed by atoms with E-state index in [2.05, 4.69) is 4.98 Å². The number of aryl methyl sites for hydroxylation is 1. The third-order valence-electron chi connectivity index (χ3n) is 4.99. The molecule has 0 radical (unpaired) electrons. The summed E-state index contributed by atoms with van der Waals surface area (Å²) in [7, 11) is 0. The Kier molecular flexibility index (Phi) is 6.38. The van der Waals surface area contributed by atoms with Crippen molar-refractivity contribution in [2.45, 2.75) is 20.5 Å². The molecule has 10 heteroatoms. The lowest BCUT2D eigenvalue weighted by Crippen LogP contribution is -2.15. The topological polar surface area (TPSA) is 89.4 Å². The maximum absolute atomic E-state index is 12.6. The Balaban J connectivity index is 1.59. The summed E-state index contributed by atoms with van der Waals surface area (Å²) in [4.78, 5) is 29.4. The van der Waals surface area contributed by atoms with Crippen LogP contribution >= 0.6 is 34.5 Å². The van der Waals surface area contributed by atoms with E-state index in [1.54, 1.807) is 23.7 Å². The van der Waals surface area contributed by atoms with E-state index in [0.29, 0.717) is 32.0 Å². The van der Waals surface area contributed by atoms with Crippen molar-refractivity contribution in [2.75, 3.05) is 0 Å². The molecule has 0 saturated carbocycles. The van der Waals surface area contributed by atoms with Crippen molar-refractivity contribution in [1.82, 2.24) is 14.0 Å². The smallest absolute Gasteiger partial charge is 0.349 e. The number of hydrogen-bond donors (Lipinski definition) is 0. The molecule has 3 heterocycles. The molecule has 0 bridgehead atoms. The largest absolute Gasteiger partial charge is 0.455 e. The van der Waals surface area contributed by atoms with Crippen LogP contribution in [0.15, 0.2) is 52.3 Å². The number of rotatable bonds is 5. The molecule has 0 aliphatic rings. The van der Waals surface area contributed by atoms with Crippen molar-refractivity contribution in [3.05, 3.63) is 90.5 Å². The van der Waals surface area contributed by atoms with Gasteiger partial charge in [0.15, 0.2) is 4.96 Å². The molecule has 0 spiro atoms. The molecule has 0 aliphatic heterocycles. The van der Waals surface area contributed by atoms with Crippen LogP contribution in [0.5, 0.6) is 0 Å². The SMILES string of the molecule is Cc1cc(/C=C(\C#N)C(=O)OCc2cc(=O)n3ccsc3n2)c(C)n1-c1cccc(Cl)c1Cl. The van der Waals surface area contributed by atoms with Gasteiger partial charge in [-0.1, -0.05) is 29.3 Å². The maximum Gasteiger partial charge on any atom is 0.349 e. The Labute approximate surface area is 202 Å². The molecule has 3 aromatic heterocycles. The van der Waals surface area contributed by atoms with Gasteiger partial charge in [-0.15, -0.1) is 11.3 Å². The molecule has 7 nitrogen and oxygen atoms in total. The van der Waals surface area contributed by atoms with Crippen molar-refractivity contribution in [3.63, 3.8) is 0 Å². The normalized spacial score (nSPS) is 11.5. The van der Waals surface area contributed by atoms with Gasteiger partial charge in [0.05, 0.1) is 21.4 Å². The highest BCUT2D eigenvalue weighted by Gasteiger charge is 2.17. The molecule has 0 unspecified atom stereocenters. The zero-order valence-corrected chi connectivity index (χ0v) is 19.8. The lowest BCUT2D eigenvalue weighted by atomic mass is 10.1. The van der Waals surface area contributed by atoms with E-state index in [1.807, 2.05) is 36.6 Å². The summed E-state index contributed by atoms with van der Waals surface area (Å²) in [6.45, 7) is 3.51. The number of carbonyl (C=O) groups is 1. The second-order valence-corrected chi connectivity index (χ2v) is 8.78. The summed E-state index contributed by atoms with van der Waals surface area (Å²) < 4.78 is 8.55. The van der Waals surface area contributed by atoms with Crippen LogP contribution in [0, 0.1) is 25.2 Å². The van der Waals surface area contributed by atoms with Crippen molar-refractivity contribution in [2.24, 2.45) is 0 Å². The summed E-state index contributed by atoms with van der Waals surface area (Å²) in [5.74, 6) is -0.809. The molecule has 0 saturated heterocycles. The van der Waals surface area contributed by atoms with Crippen molar-refractivity contribution in [1.29, 1.82) is 5.26 Å². The summed E-state index contributed by atoms with van der Waals surface area (Å²) in [6, 6.07) is 10.3. The van der Waals surface area contributed by atoms with Gasteiger partial charge in [-0.3, -0.25) is 9.20 Å². The minimum absolute atomic E-state index is 0.179. The van der Waals surface area contributed by atoms with Gasteiger partial charge < -0.3 is 9.30 Å². The van der Waals surface area contributed by atoms with Crippen molar-refractivity contribution in [3.8, 4) is 11.8 Å². The van der Waals surface area contributed by atoms with Crippen LogP contribution in [-0.2, 0) is 16.1 Å². The Morgan fingerprint density at radius 1 is 1.30 bits per heavy atom. The number of esters is 1. The highest BCUT2D eigenvalue weighted by atomic mass is 35.5. The molecule has 4 rings (SSSR count). The van der Waals surface area contributed by atoms with Crippen LogP contribution in [0.4, 0.5) is 0 Å². The average molecular weight is 499 g/mol. The van der Waals surface area contributed by atoms with Gasteiger partial charge >= 0.3 is 5.97 Å². The second kappa shape index (κ2) is 9.24. The zero-order valence-electron chi connectivity index (χ0n) is 17.5. The molecule has 0 N–H and O–H groups in total. The van der Waals surface area contributed by atoms with Crippen LogP contribution < -0.4 is 5.56 Å². The Hall–Kier alpha value is -3.38. The average Bonchev–Trinajstić information content (AvgIpc) is 3.37. The minimum atomic E-state index is -0.809.